The minimum atomic E-state index is 0.433. The van der Waals surface area contributed by atoms with Crippen LogP contribution in [0, 0.1) is 12.8 Å². The number of pyridine rings is 1. The van der Waals surface area contributed by atoms with Crippen molar-refractivity contribution < 1.29 is 0 Å². The van der Waals surface area contributed by atoms with Gasteiger partial charge in [-0.2, -0.15) is 0 Å². The van der Waals surface area contributed by atoms with Crippen LogP contribution in [0.1, 0.15) is 26.3 Å². The Morgan fingerprint density at radius 2 is 1.82 bits per heavy atom. The average molecular weight is 228 g/mol. The minimum absolute atomic E-state index is 0.433. The standard InChI is InChI=1S/C15H20N2/c1-10(2)12(4)16-15-11(3)9-13-7-5-6-8-14(13)17-15/h5-10,12H,1-4H3,(H,16,17). The molecule has 1 atom stereocenters. The number of nitrogens with one attached hydrogen (secondary N) is 1. The van der Waals surface area contributed by atoms with Crippen molar-refractivity contribution in [1.82, 2.24) is 4.98 Å². The summed E-state index contributed by atoms with van der Waals surface area (Å²) in [4.78, 5) is 4.69. The molecule has 1 unspecified atom stereocenters. The van der Waals surface area contributed by atoms with Crippen LogP contribution in [0.2, 0.25) is 0 Å². The van der Waals surface area contributed by atoms with E-state index in [0.29, 0.717) is 12.0 Å². The number of benzene rings is 1. The first-order valence-electron chi connectivity index (χ1n) is 6.21. The van der Waals surface area contributed by atoms with Gasteiger partial charge in [-0.1, -0.05) is 32.0 Å². The van der Waals surface area contributed by atoms with Crippen LogP contribution in [0.3, 0.4) is 0 Å². The van der Waals surface area contributed by atoms with E-state index in [4.69, 9.17) is 0 Å². The summed E-state index contributed by atoms with van der Waals surface area (Å²) >= 11 is 0. The second-order valence-corrected chi connectivity index (χ2v) is 5.02. The van der Waals surface area contributed by atoms with Gasteiger partial charge in [-0.25, -0.2) is 4.98 Å². The van der Waals surface area contributed by atoms with Crippen LogP contribution in [0.5, 0.6) is 0 Å². The molecule has 0 spiro atoms. The van der Waals surface area contributed by atoms with E-state index in [0.717, 1.165) is 11.3 Å². The molecule has 0 radical (unpaired) electrons. The van der Waals surface area contributed by atoms with E-state index < -0.39 is 0 Å². The van der Waals surface area contributed by atoms with Crippen LogP contribution in [0.25, 0.3) is 10.9 Å². The molecule has 0 fully saturated rings. The number of aryl methyl sites for hydroxylation is 1. The van der Waals surface area contributed by atoms with Crippen molar-refractivity contribution in [2.24, 2.45) is 5.92 Å². The summed E-state index contributed by atoms with van der Waals surface area (Å²) in [6.45, 7) is 8.73. The van der Waals surface area contributed by atoms with Crippen molar-refractivity contribution in [2.75, 3.05) is 5.32 Å². The van der Waals surface area contributed by atoms with Gasteiger partial charge < -0.3 is 5.32 Å². The second kappa shape index (κ2) is 4.74. The number of fused-ring (bicyclic) bond motifs is 1. The van der Waals surface area contributed by atoms with Crippen molar-refractivity contribution in [3.05, 3.63) is 35.9 Å². The maximum Gasteiger partial charge on any atom is 0.129 e. The first-order valence-corrected chi connectivity index (χ1v) is 6.21. The first kappa shape index (κ1) is 11.9. The number of hydrogen-bond acceptors (Lipinski definition) is 2. The monoisotopic (exact) mass is 228 g/mol. The Hall–Kier alpha value is -1.57. The minimum Gasteiger partial charge on any atom is -0.367 e. The van der Waals surface area contributed by atoms with Gasteiger partial charge >= 0.3 is 0 Å². The fourth-order valence-electron chi connectivity index (χ4n) is 1.75. The molecule has 1 aromatic heterocycles. The Kier molecular flexibility index (Phi) is 3.32. The number of rotatable bonds is 3. The van der Waals surface area contributed by atoms with E-state index in [1.165, 1.54) is 10.9 Å². The van der Waals surface area contributed by atoms with Crippen molar-refractivity contribution in [1.29, 1.82) is 0 Å². The van der Waals surface area contributed by atoms with E-state index in [2.05, 4.69) is 56.2 Å². The Morgan fingerprint density at radius 3 is 2.53 bits per heavy atom. The summed E-state index contributed by atoms with van der Waals surface area (Å²) in [5.41, 5.74) is 2.26. The molecule has 0 aliphatic heterocycles. The molecule has 0 saturated carbocycles. The molecule has 2 heteroatoms. The smallest absolute Gasteiger partial charge is 0.129 e. The van der Waals surface area contributed by atoms with Gasteiger partial charge in [0.05, 0.1) is 5.52 Å². The van der Waals surface area contributed by atoms with E-state index in [1.54, 1.807) is 0 Å². The van der Waals surface area contributed by atoms with Crippen LogP contribution >= 0.6 is 0 Å². The molecule has 0 saturated heterocycles. The molecule has 2 rings (SSSR count). The lowest BCUT2D eigenvalue weighted by atomic mass is 10.1. The van der Waals surface area contributed by atoms with Gasteiger partial charge in [0.1, 0.15) is 5.82 Å². The third-order valence-corrected chi connectivity index (χ3v) is 3.28. The Labute approximate surface area is 103 Å². The zero-order chi connectivity index (χ0) is 12.4. The van der Waals surface area contributed by atoms with Gasteiger partial charge in [0, 0.05) is 11.4 Å². The molecule has 0 aliphatic rings. The largest absolute Gasteiger partial charge is 0.367 e. The fraction of sp³-hybridized carbons (Fsp3) is 0.400. The van der Waals surface area contributed by atoms with Crippen molar-refractivity contribution in [2.45, 2.75) is 33.7 Å². The number of nitrogens with zero attached hydrogens (tertiary/aromatic N) is 1. The maximum absolute atomic E-state index is 4.69. The van der Waals surface area contributed by atoms with E-state index >= 15 is 0 Å². The van der Waals surface area contributed by atoms with Crippen LogP contribution in [0.4, 0.5) is 5.82 Å². The highest BCUT2D eigenvalue weighted by Crippen LogP contribution is 2.21. The lowest BCUT2D eigenvalue weighted by Crippen LogP contribution is -2.22. The van der Waals surface area contributed by atoms with Crippen LogP contribution in [-0.2, 0) is 0 Å². The molecule has 2 aromatic rings. The van der Waals surface area contributed by atoms with E-state index in [9.17, 15) is 0 Å². The van der Waals surface area contributed by atoms with Crippen molar-refractivity contribution >= 4 is 16.7 Å². The Bertz CT molecular complexity index is 517. The molecule has 0 bridgehead atoms. The highest BCUT2D eigenvalue weighted by atomic mass is 15.0. The van der Waals surface area contributed by atoms with Crippen molar-refractivity contribution in [3.63, 3.8) is 0 Å². The average Bonchev–Trinajstić information content (AvgIpc) is 2.29. The van der Waals surface area contributed by atoms with Gasteiger partial charge in [0.2, 0.25) is 0 Å². The lowest BCUT2D eigenvalue weighted by Gasteiger charge is -2.19. The van der Waals surface area contributed by atoms with Gasteiger partial charge in [-0.3, -0.25) is 0 Å². The third kappa shape index (κ3) is 2.57. The SMILES string of the molecule is Cc1cc2ccccc2nc1NC(C)C(C)C. The molecular formula is C15H20N2. The summed E-state index contributed by atoms with van der Waals surface area (Å²) < 4.78 is 0. The highest BCUT2D eigenvalue weighted by molar-refractivity contribution is 5.81. The Morgan fingerprint density at radius 1 is 1.12 bits per heavy atom. The lowest BCUT2D eigenvalue weighted by molar-refractivity contribution is 0.558. The molecule has 0 aliphatic carbocycles. The number of anilines is 1. The number of aromatic nitrogens is 1. The van der Waals surface area contributed by atoms with Gasteiger partial charge in [-0.05, 0) is 37.5 Å². The normalized spacial score (nSPS) is 13.0. The predicted molar refractivity (Wildman–Crippen MR) is 74.4 cm³/mol. The summed E-state index contributed by atoms with van der Waals surface area (Å²) in [6, 6.07) is 10.9. The number of para-hydroxylation sites is 1. The summed E-state index contributed by atoms with van der Waals surface area (Å²) in [5.74, 6) is 1.60. The summed E-state index contributed by atoms with van der Waals surface area (Å²) in [7, 11) is 0. The molecular weight excluding hydrogens is 208 g/mol. The maximum atomic E-state index is 4.69. The zero-order valence-corrected chi connectivity index (χ0v) is 11.0. The highest BCUT2D eigenvalue weighted by Gasteiger charge is 2.09. The quantitative estimate of drug-likeness (QED) is 0.859. The first-order chi connectivity index (χ1) is 8.08. The van der Waals surface area contributed by atoms with E-state index in [1.807, 2.05) is 12.1 Å². The molecule has 17 heavy (non-hydrogen) atoms. The Balaban J connectivity index is 2.37. The molecule has 90 valence electrons. The summed E-state index contributed by atoms with van der Waals surface area (Å²) in [5, 5.41) is 4.69. The molecule has 1 heterocycles. The predicted octanol–water partition coefficient (Wildman–Crippen LogP) is 4.00. The van der Waals surface area contributed by atoms with Gasteiger partial charge in [-0.15, -0.1) is 0 Å². The summed E-state index contributed by atoms with van der Waals surface area (Å²) in [6.07, 6.45) is 0. The van der Waals surface area contributed by atoms with E-state index in [-0.39, 0.29) is 0 Å². The van der Waals surface area contributed by atoms with Crippen molar-refractivity contribution in [3.8, 4) is 0 Å². The molecule has 1 N–H and O–H groups in total. The van der Waals surface area contributed by atoms with Gasteiger partial charge in [0.25, 0.3) is 0 Å². The van der Waals surface area contributed by atoms with Crippen LogP contribution in [0.15, 0.2) is 30.3 Å². The zero-order valence-electron chi connectivity index (χ0n) is 11.0. The fourth-order valence-corrected chi connectivity index (χ4v) is 1.75. The molecule has 1 aromatic carbocycles. The number of hydrogen-bond donors (Lipinski definition) is 1. The third-order valence-electron chi connectivity index (χ3n) is 3.28. The topological polar surface area (TPSA) is 24.9 Å². The van der Waals surface area contributed by atoms with Gasteiger partial charge in [0.15, 0.2) is 0 Å². The molecule has 0 amide bonds. The van der Waals surface area contributed by atoms with Crippen LogP contribution in [-0.4, -0.2) is 11.0 Å². The van der Waals surface area contributed by atoms with Crippen LogP contribution < -0.4 is 5.32 Å². The second-order valence-electron chi connectivity index (χ2n) is 5.02. The molecule has 2 nitrogen and oxygen atoms in total.